The Labute approximate surface area is 87.2 Å². The summed E-state index contributed by atoms with van der Waals surface area (Å²) in [5, 5.41) is 0. The van der Waals surface area contributed by atoms with E-state index in [1.54, 1.807) is 7.11 Å². The van der Waals surface area contributed by atoms with Crippen LogP contribution in [0, 0.1) is 0 Å². The summed E-state index contributed by atoms with van der Waals surface area (Å²) in [5.74, 6) is -0.448. The van der Waals surface area contributed by atoms with Gasteiger partial charge in [0.25, 0.3) is 5.91 Å². The first-order valence-electron chi connectivity index (χ1n) is 4.32. The summed E-state index contributed by atoms with van der Waals surface area (Å²) in [6, 6.07) is 1.43. The number of nitrogens with two attached hydrogens (primary N) is 2. The van der Waals surface area contributed by atoms with Crippen molar-refractivity contribution in [2.45, 2.75) is 0 Å². The summed E-state index contributed by atoms with van der Waals surface area (Å²) in [7, 11) is 1.55. The Bertz CT molecular complexity index is 354. The molecule has 0 bridgehead atoms. The van der Waals surface area contributed by atoms with Crippen molar-refractivity contribution in [2.75, 3.05) is 26.1 Å². The zero-order valence-electron chi connectivity index (χ0n) is 8.40. The third-order valence-corrected chi connectivity index (χ3v) is 1.66. The number of hydrogen-bond donors (Lipinski definition) is 2. The van der Waals surface area contributed by atoms with Crippen LogP contribution in [0.3, 0.4) is 0 Å². The summed E-state index contributed by atoms with van der Waals surface area (Å²) >= 11 is 0. The first kappa shape index (κ1) is 11.3. The number of nitrogen functional groups attached to an aromatic ring is 1. The maximum Gasteiger partial charge on any atom is 0.254 e. The lowest BCUT2D eigenvalue weighted by atomic mass is 10.2. The van der Waals surface area contributed by atoms with Crippen molar-refractivity contribution in [1.29, 1.82) is 0 Å². The smallest absolute Gasteiger partial charge is 0.254 e. The van der Waals surface area contributed by atoms with Gasteiger partial charge in [-0.3, -0.25) is 4.79 Å². The Morgan fingerprint density at radius 2 is 2.27 bits per heavy atom. The van der Waals surface area contributed by atoms with Crippen molar-refractivity contribution in [3.63, 3.8) is 0 Å². The molecule has 1 heterocycles. The molecule has 0 aliphatic rings. The molecule has 4 N–H and O–H groups in total. The van der Waals surface area contributed by atoms with E-state index in [0.717, 1.165) is 0 Å². The number of nitrogens with zero attached hydrogens (tertiary/aromatic N) is 1. The lowest BCUT2D eigenvalue weighted by Gasteiger charge is -2.08. The highest BCUT2D eigenvalue weighted by atomic mass is 16.5. The van der Waals surface area contributed by atoms with Crippen LogP contribution in [0.15, 0.2) is 12.3 Å². The van der Waals surface area contributed by atoms with Crippen LogP contribution in [0.1, 0.15) is 10.4 Å². The van der Waals surface area contributed by atoms with Crippen LogP contribution in [0.5, 0.6) is 5.88 Å². The van der Waals surface area contributed by atoms with Crippen LogP contribution < -0.4 is 16.2 Å². The number of aromatic nitrogens is 1. The van der Waals surface area contributed by atoms with E-state index < -0.39 is 5.91 Å². The number of carbonyl (C=O) groups is 1. The van der Waals surface area contributed by atoms with Gasteiger partial charge >= 0.3 is 0 Å². The molecule has 0 saturated heterocycles. The average Bonchev–Trinajstić information content (AvgIpc) is 2.20. The van der Waals surface area contributed by atoms with Gasteiger partial charge in [-0.2, -0.15) is 0 Å². The fraction of sp³-hybridized carbons (Fsp3) is 0.333. The van der Waals surface area contributed by atoms with Gasteiger partial charge in [0.2, 0.25) is 5.88 Å². The van der Waals surface area contributed by atoms with Crippen molar-refractivity contribution in [3.8, 4) is 5.88 Å². The third kappa shape index (κ3) is 3.10. The molecule has 82 valence electrons. The Hall–Kier alpha value is -1.82. The quantitative estimate of drug-likeness (QED) is 0.656. The van der Waals surface area contributed by atoms with Gasteiger partial charge in [-0.15, -0.1) is 0 Å². The maximum atomic E-state index is 11.0. The Morgan fingerprint density at radius 3 is 2.87 bits per heavy atom. The molecule has 6 heteroatoms. The van der Waals surface area contributed by atoms with Gasteiger partial charge in [0.15, 0.2) is 0 Å². The fourth-order valence-electron chi connectivity index (χ4n) is 0.982. The van der Waals surface area contributed by atoms with E-state index in [1.807, 2.05) is 0 Å². The van der Waals surface area contributed by atoms with Crippen LogP contribution in [-0.4, -0.2) is 31.2 Å². The molecule has 0 aliphatic heterocycles. The lowest BCUT2D eigenvalue weighted by Crippen LogP contribution is -2.16. The van der Waals surface area contributed by atoms with Gasteiger partial charge in [0, 0.05) is 7.11 Å². The minimum absolute atomic E-state index is 0.172. The van der Waals surface area contributed by atoms with Gasteiger partial charge in [-0.05, 0) is 6.07 Å². The average molecular weight is 211 g/mol. The molecule has 0 spiro atoms. The number of rotatable bonds is 5. The van der Waals surface area contributed by atoms with Crippen LogP contribution in [0.4, 0.5) is 5.69 Å². The Kier molecular flexibility index (Phi) is 3.87. The van der Waals surface area contributed by atoms with Gasteiger partial charge in [-0.25, -0.2) is 4.98 Å². The van der Waals surface area contributed by atoms with Crippen molar-refractivity contribution in [1.82, 2.24) is 4.98 Å². The van der Waals surface area contributed by atoms with E-state index in [9.17, 15) is 4.79 Å². The largest absolute Gasteiger partial charge is 0.475 e. The number of ether oxygens (including phenoxy) is 2. The third-order valence-electron chi connectivity index (χ3n) is 1.66. The van der Waals surface area contributed by atoms with Gasteiger partial charge in [0.1, 0.15) is 12.2 Å². The number of hydrogen-bond acceptors (Lipinski definition) is 5. The zero-order chi connectivity index (χ0) is 11.3. The molecule has 1 amide bonds. The van der Waals surface area contributed by atoms with E-state index >= 15 is 0 Å². The monoisotopic (exact) mass is 211 g/mol. The SMILES string of the molecule is COCCOc1ncc(N)cc1C(N)=O. The minimum atomic E-state index is -0.623. The highest BCUT2D eigenvalue weighted by Crippen LogP contribution is 2.16. The van der Waals surface area contributed by atoms with E-state index in [1.165, 1.54) is 12.3 Å². The highest BCUT2D eigenvalue weighted by Gasteiger charge is 2.11. The molecule has 6 nitrogen and oxygen atoms in total. The summed E-state index contributed by atoms with van der Waals surface area (Å²) in [6.45, 7) is 0.706. The molecule has 0 aliphatic carbocycles. The normalized spacial score (nSPS) is 9.93. The Balaban J connectivity index is 2.81. The molecule has 1 rings (SSSR count). The van der Waals surface area contributed by atoms with E-state index in [4.69, 9.17) is 20.9 Å². The number of methoxy groups -OCH3 is 1. The maximum absolute atomic E-state index is 11.0. The second kappa shape index (κ2) is 5.16. The van der Waals surface area contributed by atoms with Crippen molar-refractivity contribution >= 4 is 11.6 Å². The molecule has 15 heavy (non-hydrogen) atoms. The molecule has 1 aromatic heterocycles. The second-order valence-electron chi connectivity index (χ2n) is 2.83. The van der Waals surface area contributed by atoms with Crippen LogP contribution in [0.25, 0.3) is 0 Å². The molecule has 1 aromatic rings. The Morgan fingerprint density at radius 1 is 1.53 bits per heavy atom. The first-order valence-corrected chi connectivity index (χ1v) is 4.32. The molecule has 0 saturated carbocycles. The summed E-state index contributed by atoms with van der Waals surface area (Å²) in [4.78, 5) is 14.9. The van der Waals surface area contributed by atoms with Crippen molar-refractivity contribution in [2.24, 2.45) is 5.73 Å². The molecule has 0 aromatic carbocycles. The number of primary amides is 1. The molecule has 0 unspecified atom stereocenters. The predicted molar refractivity (Wildman–Crippen MR) is 54.5 cm³/mol. The van der Waals surface area contributed by atoms with Crippen LogP contribution >= 0.6 is 0 Å². The molecular formula is C9H13N3O3. The number of pyridine rings is 1. The second-order valence-corrected chi connectivity index (χ2v) is 2.83. The summed E-state index contributed by atoms with van der Waals surface area (Å²) in [6.07, 6.45) is 1.40. The molecule has 0 atom stereocenters. The van der Waals surface area contributed by atoms with Gasteiger partial charge in [0.05, 0.1) is 18.5 Å². The van der Waals surface area contributed by atoms with E-state index in [-0.39, 0.29) is 11.4 Å². The number of amides is 1. The topological polar surface area (TPSA) is 100 Å². The number of anilines is 1. The molecule has 0 fully saturated rings. The first-order chi connectivity index (χ1) is 7.15. The lowest BCUT2D eigenvalue weighted by molar-refractivity contribution is 0.0990. The summed E-state index contributed by atoms with van der Waals surface area (Å²) < 4.78 is 10.00. The minimum Gasteiger partial charge on any atom is -0.475 e. The van der Waals surface area contributed by atoms with Gasteiger partial charge < -0.3 is 20.9 Å². The van der Waals surface area contributed by atoms with Crippen molar-refractivity contribution in [3.05, 3.63) is 17.8 Å². The predicted octanol–water partition coefficient (Wildman–Crippen LogP) is -0.212. The summed E-state index contributed by atoms with van der Waals surface area (Å²) in [5.41, 5.74) is 11.1. The molecule has 0 radical (unpaired) electrons. The highest BCUT2D eigenvalue weighted by molar-refractivity contribution is 5.95. The molecular weight excluding hydrogens is 198 g/mol. The van der Waals surface area contributed by atoms with E-state index in [2.05, 4.69) is 4.98 Å². The fourth-order valence-corrected chi connectivity index (χ4v) is 0.982. The van der Waals surface area contributed by atoms with Crippen molar-refractivity contribution < 1.29 is 14.3 Å². The van der Waals surface area contributed by atoms with Gasteiger partial charge in [-0.1, -0.05) is 0 Å². The van der Waals surface area contributed by atoms with Crippen LogP contribution in [-0.2, 0) is 4.74 Å². The standard InChI is InChI=1S/C9H13N3O3/c1-14-2-3-15-9-7(8(11)13)4-6(10)5-12-9/h4-5H,2-3,10H2,1H3,(H2,11,13). The zero-order valence-corrected chi connectivity index (χ0v) is 8.40. The van der Waals surface area contributed by atoms with E-state index in [0.29, 0.717) is 18.9 Å². The van der Waals surface area contributed by atoms with Crippen LogP contribution in [0.2, 0.25) is 0 Å². The number of carbonyl (C=O) groups excluding carboxylic acids is 1.